The lowest BCUT2D eigenvalue weighted by Gasteiger charge is -2.28. The van der Waals surface area contributed by atoms with Gasteiger partial charge < -0.3 is 10.4 Å². The molecule has 1 aromatic rings. The molecule has 4 nitrogen and oxygen atoms in total. The van der Waals surface area contributed by atoms with Crippen molar-refractivity contribution in [2.75, 3.05) is 0 Å². The van der Waals surface area contributed by atoms with E-state index in [1.165, 1.54) is 6.20 Å². The summed E-state index contributed by atoms with van der Waals surface area (Å²) in [5.74, 6) is -0.944. The zero-order valence-electron chi connectivity index (χ0n) is 10.8. The molecule has 17 heavy (non-hydrogen) atoms. The van der Waals surface area contributed by atoms with Crippen LogP contribution in [0.4, 0.5) is 0 Å². The Bertz CT molecular complexity index is 379. The molecule has 0 bridgehead atoms. The van der Waals surface area contributed by atoms with E-state index in [4.69, 9.17) is 5.11 Å². The molecule has 1 unspecified atom stereocenters. The van der Waals surface area contributed by atoms with Crippen molar-refractivity contribution in [1.29, 1.82) is 0 Å². The number of aromatic carboxylic acids is 1. The summed E-state index contributed by atoms with van der Waals surface area (Å²) < 4.78 is 0. The first-order chi connectivity index (χ1) is 7.80. The second-order valence-corrected chi connectivity index (χ2v) is 5.31. The highest BCUT2D eigenvalue weighted by molar-refractivity contribution is 5.87. The van der Waals surface area contributed by atoms with Gasteiger partial charge in [0.1, 0.15) is 0 Å². The van der Waals surface area contributed by atoms with Gasteiger partial charge in [-0.15, -0.1) is 0 Å². The van der Waals surface area contributed by atoms with Crippen LogP contribution in [0.15, 0.2) is 18.3 Å². The van der Waals surface area contributed by atoms with E-state index >= 15 is 0 Å². The van der Waals surface area contributed by atoms with E-state index in [0.717, 1.165) is 5.69 Å². The predicted molar refractivity (Wildman–Crippen MR) is 67.0 cm³/mol. The largest absolute Gasteiger partial charge is 0.478 e. The van der Waals surface area contributed by atoms with Crippen LogP contribution < -0.4 is 5.32 Å². The minimum atomic E-state index is -0.944. The maximum absolute atomic E-state index is 10.7. The van der Waals surface area contributed by atoms with E-state index in [-0.39, 0.29) is 11.0 Å². The van der Waals surface area contributed by atoms with Crippen molar-refractivity contribution in [3.63, 3.8) is 0 Å². The Hall–Kier alpha value is -1.42. The molecule has 1 heterocycles. The van der Waals surface area contributed by atoms with Gasteiger partial charge in [0.05, 0.1) is 11.3 Å². The minimum absolute atomic E-state index is 0.195. The number of carbonyl (C=O) groups is 1. The molecule has 2 N–H and O–H groups in total. The Kier molecular flexibility index (Phi) is 4.23. The van der Waals surface area contributed by atoms with Gasteiger partial charge in [-0.25, -0.2) is 4.79 Å². The maximum atomic E-state index is 10.7. The normalized spacial score (nSPS) is 13.4. The van der Waals surface area contributed by atoms with Crippen LogP contribution in [0.2, 0.25) is 0 Å². The highest BCUT2D eigenvalue weighted by Gasteiger charge is 2.19. The first-order valence-electron chi connectivity index (χ1n) is 5.72. The quantitative estimate of drug-likeness (QED) is 0.842. The van der Waals surface area contributed by atoms with Crippen LogP contribution in [0, 0.1) is 5.41 Å². The smallest absolute Gasteiger partial charge is 0.337 e. The monoisotopic (exact) mass is 236 g/mol. The summed E-state index contributed by atoms with van der Waals surface area (Å²) >= 11 is 0. The molecule has 0 aliphatic heterocycles. The Labute approximate surface area is 102 Å². The van der Waals surface area contributed by atoms with Crippen LogP contribution in [0.25, 0.3) is 0 Å². The molecule has 1 atom stereocenters. The van der Waals surface area contributed by atoms with Gasteiger partial charge >= 0.3 is 5.97 Å². The minimum Gasteiger partial charge on any atom is -0.478 e. The Morgan fingerprint density at radius 2 is 2.12 bits per heavy atom. The van der Waals surface area contributed by atoms with E-state index in [1.807, 2.05) is 0 Å². The molecule has 0 radical (unpaired) electrons. The third kappa shape index (κ3) is 4.15. The first-order valence-corrected chi connectivity index (χ1v) is 5.72. The summed E-state index contributed by atoms with van der Waals surface area (Å²) in [5, 5.41) is 12.1. The standard InChI is InChI=1S/C13H20N2O2/c1-9(13(2,3)4)14-8-11-6-5-10(7-15-11)12(16)17/h5-7,9,14H,8H2,1-4H3,(H,16,17). The zero-order chi connectivity index (χ0) is 13.1. The fourth-order valence-electron chi connectivity index (χ4n) is 1.22. The first kappa shape index (κ1) is 13.6. The second kappa shape index (κ2) is 5.27. The number of hydrogen-bond donors (Lipinski definition) is 2. The number of nitrogens with zero attached hydrogens (tertiary/aromatic N) is 1. The summed E-state index contributed by atoms with van der Waals surface area (Å²) in [4.78, 5) is 14.8. The van der Waals surface area contributed by atoms with Crippen LogP contribution in [-0.4, -0.2) is 22.1 Å². The van der Waals surface area contributed by atoms with Gasteiger partial charge in [0, 0.05) is 18.8 Å². The molecule has 1 rings (SSSR count). The van der Waals surface area contributed by atoms with Crippen LogP contribution in [-0.2, 0) is 6.54 Å². The van der Waals surface area contributed by atoms with E-state index in [9.17, 15) is 4.79 Å². The van der Waals surface area contributed by atoms with Gasteiger partial charge in [-0.1, -0.05) is 20.8 Å². The summed E-state index contributed by atoms with van der Waals surface area (Å²) in [6.45, 7) is 9.30. The summed E-state index contributed by atoms with van der Waals surface area (Å²) in [6, 6.07) is 3.68. The van der Waals surface area contributed by atoms with Crippen LogP contribution in [0.1, 0.15) is 43.7 Å². The molecule has 0 spiro atoms. The van der Waals surface area contributed by atoms with Crippen molar-refractivity contribution >= 4 is 5.97 Å². The number of aromatic nitrogens is 1. The molecular formula is C13H20N2O2. The lowest BCUT2D eigenvalue weighted by atomic mass is 9.88. The Balaban J connectivity index is 2.56. The third-order valence-electron chi connectivity index (χ3n) is 2.96. The number of rotatable bonds is 4. The Morgan fingerprint density at radius 1 is 1.47 bits per heavy atom. The molecule has 0 amide bonds. The molecular weight excluding hydrogens is 216 g/mol. The van der Waals surface area contributed by atoms with Crippen LogP contribution in [0.5, 0.6) is 0 Å². The van der Waals surface area contributed by atoms with Crippen molar-refractivity contribution in [2.24, 2.45) is 5.41 Å². The topological polar surface area (TPSA) is 62.2 Å². The molecule has 0 fully saturated rings. The average molecular weight is 236 g/mol. The van der Waals surface area contributed by atoms with Gasteiger partial charge in [0.2, 0.25) is 0 Å². The fourth-order valence-corrected chi connectivity index (χ4v) is 1.22. The molecule has 0 saturated heterocycles. The molecule has 0 aromatic carbocycles. The molecule has 4 heteroatoms. The van der Waals surface area contributed by atoms with E-state index in [2.05, 4.69) is 38.0 Å². The van der Waals surface area contributed by atoms with Crippen molar-refractivity contribution in [1.82, 2.24) is 10.3 Å². The lowest BCUT2D eigenvalue weighted by molar-refractivity contribution is 0.0696. The SMILES string of the molecule is CC(NCc1ccc(C(=O)O)cn1)C(C)(C)C. The summed E-state index contributed by atoms with van der Waals surface area (Å²) in [5.41, 5.74) is 1.27. The van der Waals surface area contributed by atoms with Gasteiger partial charge in [-0.3, -0.25) is 4.98 Å². The molecule has 0 saturated carbocycles. The van der Waals surface area contributed by atoms with E-state index in [0.29, 0.717) is 12.6 Å². The number of nitrogens with one attached hydrogen (secondary N) is 1. The number of hydrogen-bond acceptors (Lipinski definition) is 3. The molecule has 94 valence electrons. The number of carboxylic acids is 1. The van der Waals surface area contributed by atoms with Crippen molar-refractivity contribution in [2.45, 2.75) is 40.3 Å². The van der Waals surface area contributed by atoms with Gasteiger partial charge in [-0.05, 0) is 24.5 Å². The van der Waals surface area contributed by atoms with E-state index in [1.54, 1.807) is 12.1 Å². The molecule has 0 aliphatic rings. The van der Waals surface area contributed by atoms with Crippen LogP contribution in [0.3, 0.4) is 0 Å². The summed E-state index contributed by atoms with van der Waals surface area (Å²) in [6.07, 6.45) is 1.39. The van der Waals surface area contributed by atoms with Crippen LogP contribution >= 0.6 is 0 Å². The van der Waals surface area contributed by atoms with Crippen molar-refractivity contribution in [3.8, 4) is 0 Å². The zero-order valence-corrected chi connectivity index (χ0v) is 10.8. The predicted octanol–water partition coefficient (Wildman–Crippen LogP) is 2.30. The highest BCUT2D eigenvalue weighted by Crippen LogP contribution is 2.18. The number of carboxylic acid groups (broad SMARTS) is 1. The van der Waals surface area contributed by atoms with Gasteiger partial charge in [-0.2, -0.15) is 0 Å². The Morgan fingerprint density at radius 3 is 2.53 bits per heavy atom. The molecule has 0 aliphatic carbocycles. The number of pyridine rings is 1. The van der Waals surface area contributed by atoms with Crippen molar-refractivity contribution < 1.29 is 9.90 Å². The highest BCUT2D eigenvalue weighted by atomic mass is 16.4. The summed E-state index contributed by atoms with van der Waals surface area (Å²) in [7, 11) is 0. The van der Waals surface area contributed by atoms with Crippen molar-refractivity contribution in [3.05, 3.63) is 29.6 Å². The second-order valence-electron chi connectivity index (χ2n) is 5.31. The average Bonchev–Trinajstić information content (AvgIpc) is 2.25. The van der Waals surface area contributed by atoms with Gasteiger partial charge in [0.15, 0.2) is 0 Å². The molecule has 1 aromatic heterocycles. The maximum Gasteiger partial charge on any atom is 0.337 e. The van der Waals surface area contributed by atoms with Gasteiger partial charge in [0.25, 0.3) is 0 Å². The van der Waals surface area contributed by atoms with E-state index < -0.39 is 5.97 Å². The lowest BCUT2D eigenvalue weighted by Crippen LogP contribution is -2.37. The third-order valence-corrected chi connectivity index (χ3v) is 2.96. The fraction of sp³-hybridized carbons (Fsp3) is 0.538.